The van der Waals surface area contributed by atoms with Crippen molar-refractivity contribution in [3.05, 3.63) is 82.0 Å². The van der Waals surface area contributed by atoms with Crippen molar-refractivity contribution >= 4 is 44.9 Å². The molecule has 0 bridgehead atoms. The van der Waals surface area contributed by atoms with Gasteiger partial charge in [0.05, 0.1) is 10.6 Å². The van der Waals surface area contributed by atoms with Gasteiger partial charge in [0.15, 0.2) is 0 Å². The third kappa shape index (κ3) is 7.20. The molecular weight excluding hydrogens is 466 g/mol. The van der Waals surface area contributed by atoms with Gasteiger partial charge in [-0.3, -0.25) is 20.4 Å². The van der Waals surface area contributed by atoms with Crippen LogP contribution in [0.1, 0.15) is 20.8 Å². The van der Waals surface area contributed by atoms with Gasteiger partial charge in [-0.25, -0.2) is 13.1 Å². The van der Waals surface area contributed by atoms with Crippen molar-refractivity contribution in [1.82, 2.24) is 15.6 Å². The quantitative estimate of drug-likeness (QED) is 0.316. The SMILES string of the molecule is Cc1ccc(SCC(=O)NNC(=O)c2ccc(S(=O)(=O)NCCc3cccs3)cc2)cc1. The molecule has 1 heterocycles. The molecule has 2 aromatic carbocycles. The zero-order valence-electron chi connectivity index (χ0n) is 17.3. The van der Waals surface area contributed by atoms with E-state index in [9.17, 15) is 18.0 Å². The Hall–Kier alpha value is -2.66. The summed E-state index contributed by atoms with van der Waals surface area (Å²) >= 11 is 2.93. The van der Waals surface area contributed by atoms with E-state index in [2.05, 4.69) is 15.6 Å². The van der Waals surface area contributed by atoms with Crippen molar-refractivity contribution in [2.75, 3.05) is 12.3 Å². The minimum absolute atomic E-state index is 0.0683. The summed E-state index contributed by atoms with van der Waals surface area (Å²) in [6, 6.07) is 17.2. The van der Waals surface area contributed by atoms with Crippen LogP contribution < -0.4 is 15.6 Å². The van der Waals surface area contributed by atoms with E-state index < -0.39 is 15.9 Å². The molecule has 0 aliphatic rings. The van der Waals surface area contributed by atoms with Crippen LogP contribution in [-0.4, -0.2) is 32.5 Å². The smallest absolute Gasteiger partial charge is 0.269 e. The standard InChI is InChI=1S/C22H23N3O4S3/c1-16-4-8-19(9-5-16)31-15-21(26)24-25-22(27)17-6-10-20(11-7-17)32(28,29)23-13-12-18-3-2-14-30-18/h2-11,14,23H,12-13,15H2,1H3,(H,24,26)(H,25,27). The van der Waals surface area contributed by atoms with Gasteiger partial charge in [-0.2, -0.15) is 0 Å². The van der Waals surface area contributed by atoms with Gasteiger partial charge in [0, 0.05) is 21.9 Å². The molecule has 0 fully saturated rings. The molecule has 0 aliphatic heterocycles. The van der Waals surface area contributed by atoms with E-state index in [-0.39, 0.29) is 28.7 Å². The van der Waals surface area contributed by atoms with Crippen molar-refractivity contribution in [2.24, 2.45) is 0 Å². The Morgan fingerprint density at radius 1 is 0.969 bits per heavy atom. The van der Waals surface area contributed by atoms with E-state index in [1.165, 1.54) is 36.0 Å². The highest BCUT2D eigenvalue weighted by Crippen LogP contribution is 2.17. The van der Waals surface area contributed by atoms with Gasteiger partial charge in [0.1, 0.15) is 0 Å². The lowest BCUT2D eigenvalue weighted by Gasteiger charge is -2.09. The van der Waals surface area contributed by atoms with E-state index in [4.69, 9.17) is 0 Å². The van der Waals surface area contributed by atoms with Gasteiger partial charge in [0.2, 0.25) is 15.9 Å². The van der Waals surface area contributed by atoms with E-state index in [0.717, 1.165) is 15.3 Å². The van der Waals surface area contributed by atoms with Crippen LogP contribution in [0.2, 0.25) is 0 Å². The summed E-state index contributed by atoms with van der Waals surface area (Å²) in [6.45, 7) is 2.28. The zero-order chi connectivity index (χ0) is 23.0. The second-order valence-electron chi connectivity index (χ2n) is 6.86. The molecule has 168 valence electrons. The summed E-state index contributed by atoms with van der Waals surface area (Å²) < 4.78 is 27.3. The Morgan fingerprint density at radius 2 is 1.69 bits per heavy atom. The monoisotopic (exact) mass is 489 g/mol. The number of aryl methyl sites for hydroxylation is 1. The predicted molar refractivity (Wildman–Crippen MR) is 127 cm³/mol. The van der Waals surface area contributed by atoms with Crippen LogP contribution in [0.3, 0.4) is 0 Å². The molecule has 10 heteroatoms. The van der Waals surface area contributed by atoms with Gasteiger partial charge in [-0.15, -0.1) is 23.1 Å². The minimum atomic E-state index is -3.67. The normalized spacial score (nSPS) is 11.2. The van der Waals surface area contributed by atoms with E-state index in [1.807, 2.05) is 48.7 Å². The van der Waals surface area contributed by atoms with Crippen LogP contribution >= 0.6 is 23.1 Å². The maximum atomic E-state index is 12.4. The van der Waals surface area contributed by atoms with Crippen LogP contribution in [0.5, 0.6) is 0 Å². The number of nitrogens with one attached hydrogen (secondary N) is 3. The summed E-state index contributed by atoms with van der Waals surface area (Å²) in [5, 5.41) is 1.94. The number of amides is 2. The molecule has 0 unspecified atom stereocenters. The highest BCUT2D eigenvalue weighted by Gasteiger charge is 2.15. The average molecular weight is 490 g/mol. The second-order valence-corrected chi connectivity index (χ2v) is 10.7. The first-order valence-electron chi connectivity index (χ1n) is 9.74. The van der Waals surface area contributed by atoms with Crippen LogP contribution in [0.15, 0.2) is 75.8 Å². The number of hydrogen-bond donors (Lipinski definition) is 3. The highest BCUT2D eigenvalue weighted by molar-refractivity contribution is 8.00. The molecule has 0 radical (unpaired) electrons. The summed E-state index contributed by atoms with van der Waals surface area (Å²) in [6.07, 6.45) is 0.610. The Morgan fingerprint density at radius 3 is 2.34 bits per heavy atom. The summed E-state index contributed by atoms with van der Waals surface area (Å²) in [5.74, 6) is -0.733. The van der Waals surface area contributed by atoms with Gasteiger partial charge in [-0.1, -0.05) is 23.8 Å². The molecule has 3 N–H and O–H groups in total. The van der Waals surface area contributed by atoms with Gasteiger partial charge >= 0.3 is 0 Å². The van der Waals surface area contributed by atoms with E-state index in [1.54, 1.807) is 11.3 Å². The lowest BCUT2D eigenvalue weighted by Crippen LogP contribution is -2.42. The summed E-state index contributed by atoms with van der Waals surface area (Å²) in [5.41, 5.74) is 6.06. The molecule has 2 amide bonds. The van der Waals surface area contributed by atoms with Crippen LogP contribution in [0.25, 0.3) is 0 Å². The largest absolute Gasteiger partial charge is 0.272 e. The fourth-order valence-electron chi connectivity index (χ4n) is 2.65. The Balaban J connectivity index is 1.45. The molecular formula is C22H23N3O4S3. The Bertz CT molecular complexity index is 1140. The first-order valence-corrected chi connectivity index (χ1v) is 13.1. The molecule has 0 atom stereocenters. The highest BCUT2D eigenvalue weighted by atomic mass is 32.2. The predicted octanol–water partition coefficient (Wildman–Crippen LogP) is 3.13. The number of sulfonamides is 1. The van der Waals surface area contributed by atoms with Crippen LogP contribution in [0.4, 0.5) is 0 Å². The fourth-order valence-corrected chi connectivity index (χ4v) is 5.09. The van der Waals surface area contributed by atoms with Crippen molar-refractivity contribution in [2.45, 2.75) is 23.1 Å². The average Bonchev–Trinajstić information content (AvgIpc) is 3.30. The number of thiophene rings is 1. The lowest BCUT2D eigenvalue weighted by atomic mass is 10.2. The van der Waals surface area contributed by atoms with Gasteiger partial charge in [-0.05, 0) is 61.2 Å². The third-order valence-electron chi connectivity index (χ3n) is 4.38. The number of carbonyl (C=O) groups excluding carboxylic acids is 2. The van der Waals surface area contributed by atoms with Gasteiger partial charge < -0.3 is 0 Å². The molecule has 0 aliphatic carbocycles. The maximum absolute atomic E-state index is 12.4. The van der Waals surface area contributed by atoms with Crippen molar-refractivity contribution < 1.29 is 18.0 Å². The van der Waals surface area contributed by atoms with Crippen molar-refractivity contribution in [3.63, 3.8) is 0 Å². The van der Waals surface area contributed by atoms with Crippen molar-refractivity contribution in [1.29, 1.82) is 0 Å². The zero-order valence-corrected chi connectivity index (χ0v) is 19.8. The third-order valence-corrected chi connectivity index (χ3v) is 7.80. The molecule has 0 saturated heterocycles. The van der Waals surface area contributed by atoms with Crippen LogP contribution in [0, 0.1) is 6.92 Å². The van der Waals surface area contributed by atoms with E-state index in [0.29, 0.717) is 6.42 Å². The number of hydrogen-bond acceptors (Lipinski definition) is 6. The number of carbonyl (C=O) groups is 2. The number of hydrazine groups is 1. The minimum Gasteiger partial charge on any atom is -0.272 e. The second kappa shape index (κ2) is 11.3. The lowest BCUT2D eigenvalue weighted by molar-refractivity contribution is -0.119. The Kier molecular flexibility index (Phi) is 8.46. The van der Waals surface area contributed by atoms with E-state index >= 15 is 0 Å². The number of rotatable bonds is 9. The molecule has 32 heavy (non-hydrogen) atoms. The molecule has 3 aromatic rings. The topological polar surface area (TPSA) is 104 Å². The molecule has 7 nitrogen and oxygen atoms in total. The fraction of sp³-hybridized carbons (Fsp3) is 0.182. The van der Waals surface area contributed by atoms with Crippen LogP contribution in [-0.2, 0) is 21.2 Å². The Labute approximate surface area is 195 Å². The maximum Gasteiger partial charge on any atom is 0.269 e. The first kappa shape index (κ1) is 24.0. The molecule has 0 spiro atoms. The number of benzene rings is 2. The molecule has 1 aromatic heterocycles. The number of thioether (sulfide) groups is 1. The van der Waals surface area contributed by atoms with Gasteiger partial charge in [0.25, 0.3) is 5.91 Å². The summed E-state index contributed by atoms with van der Waals surface area (Å²) in [7, 11) is -3.67. The first-order chi connectivity index (χ1) is 15.3. The molecule has 0 saturated carbocycles. The molecule has 3 rings (SSSR count). The van der Waals surface area contributed by atoms with Crippen molar-refractivity contribution in [3.8, 4) is 0 Å². The summed E-state index contributed by atoms with van der Waals surface area (Å²) in [4.78, 5) is 26.3.